The van der Waals surface area contributed by atoms with Crippen LogP contribution in [-0.4, -0.2) is 54.3 Å². The molecule has 0 saturated carbocycles. The summed E-state index contributed by atoms with van der Waals surface area (Å²) in [6.45, 7) is 1.51. The van der Waals surface area contributed by atoms with E-state index in [1.165, 1.54) is 6.20 Å². The van der Waals surface area contributed by atoms with Crippen molar-refractivity contribution in [3.8, 4) is 0 Å². The van der Waals surface area contributed by atoms with Crippen LogP contribution in [0.4, 0.5) is 5.82 Å². The molecular weight excluding hydrogens is 222 g/mol. The molecule has 1 aromatic rings. The first-order valence-electron chi connectivity index (χ1n) is 5.21. The number of amidine groups is 1. The van der Waals surface area contributed by atoms with E-state index in [1.54, 1.807) is 6.20 Å². The standard InChI is InChI=1S/C10H17N5O2/c1-15(2-4-17-5-3-16)9-7-13-8(6-14-9)10(11)12/h6-7,16H,2-5H2,1H3,(H3,11,12). The Morgan fingerprint density at radius 1 is 1.47 bits per heavy atom. The summed E-state index contributed by atoms with van der Waals surface area (Å²) in [7, 11) is 1.86. The molecule has 17 heavy (non-hydrogen) atoms. The van der Waals surface area contributed by atoms with Crippen LogP contribution in [0.15, 0.2) is 12.4 Å². The molecule has 0 aliphatic carbocycles. The molecule has 0 spiro atoms. The lowest BCUT2D eigenvalue weighted by atomic mass is 10.4. The van der Waals surface area contributed by atoms with Crippen LogP contribution in [-0.2, 0) is 4.74 Å². The summed E-state index contributed by atoms with van der Waals surface area (Å²) in [4.78, 5) is 10.0. The van der Waals surface area contributed by atoms with Crippen LogP contribution >= 0.6 is 0 Å². The average molecular weight is 239 g/mol. The molecule has 94 valence electrons. The molecule has 0 bridgehead atoms. The van der Waals surface area contributed by atoms with Gasteiger partial charge in [-0.1, -0.05) is 0 Å². The Bertz CT molecular complexity index is 354. The smallest absolute Gasteiger partial charge is 0.146 e. The Labute approximate surface area is 99.8 Å². The monoisotopic (exact) mass is 239 g/mol. The molecule has 0 amide bonds. The zero-order valence-electron chi connectivity index (χ0n) is 9.76. The van der Waals surface area contributed by atoms with Crippen LogP contribution in [0.2, 0.25) is 0 Å². The maximum absolute atomic E-state index is 8.54. The molecule has 0 unspecified atom stereocenters. The molecule has 7 nitrogen and oxygen atoms in total. The second-order valence-electron chi connectivity index (χ2n) is 3.43. The zero-order valence-corrected chi connectivity index (χ0v) is 9.76. The van der Waals surface area contributed by atoms with Crippen LogP contribution < -0.4 is 10.6 Å². The van der Waals surface area contributed by atoms with Gasteiger partial charge < -0.3 is 20.5 Å². The largest absolute Gasteiger partial charge is 0.394 e. The third-order valence-electron chi connectivity index (χ3n) is 2.11. The lowest BCUT2D eigenvalue weighted by Gasteiger charge is -2.17. The van der Waals surface area contributed by atoms with Gasteiger partial charge in [0.2, 0.25) is 0 Å². The third-order valence-corrected chi connectivity index (χ3v) is 2.11. The molecule has 4 N–H and O–H groups in total. The van der Waals surface area contributed by atoms with Crippen molar-refractivity contribution in [1.29, 1.82) is 5.41 Å². The van der Waals surface area contributed by atoms with E-state index in [2.05, 4.69) is 9.97 Å². The SMILES string of the molecule is CN(CCOCCO)c1cnc(C(=N)N)cn1. The van der Waals surface area contributed by atoms with Crippen LogP contribution in [0.25, 0.3) is 0 Å². The summed E-state index contributed by atoms with van der Waals surface area (Å²) >= 11 is 0. The predicted octanol–water partition coefficient (Wildman–Crippen LogP) is -0.794. The van der Waals surface area contributed by atoms with Crippen molar-refractivity contribution in [3.05, 3.63) is 18.1 Å². The van der Waals surface area contributed by atoms with Crippen LogP contribution in [0.5, 0.6) is 0 Å². The highest BCUT2D eigenvalue weighted by Crippen LogP contribution is 2.05. The number of aliphatic hydroxyl groups is 1. The van der Waals surface area contributed by atoms with Crippen LogP contribution in [0.3, 0.4) is 0 Å². The summed E-state index contributed by atoms with van der Waals surface area (Å²) in [5.41, 5.74) is 5.64. The fourth-order valence-electron chi connectivity index (χ4n) is 1.14. The van der Waals surface area contributed by atoms with Crippen molar-refractivity contribution in [1.82, 2.24) is 9.97 Å². The van der Waals surface area contributed by atoms with Crippen molar-refractivity contribution in [2.45, 2.75) is 0 Å². The number of nitrogens with zero attached hydrogens (tertiary/aromatic N) is 3. The number of aromatic nitrogens is 2. The summed E-state index contributed by atoms with van der Waals surface area (Å²) in [5, 5.41) is 15.7. The molecule has 1 rings (SSSR count). The van der Waals surface area contributed by atoms with E-state index >= 15 is 0 Å². The van der Waals surface area contributed by atoms with Gasteiger partial charge in [0.1, 0.15) is 17.3 Å². The van der Waals surface area contributed by atoms with Gasteiger partial charge in [0.05, 0.1) is 32.2 Å². The highest BCUT2D eigenvalue weighted by atomic mass is 16.5. The highest BCUT2D eigenvalue weighted by molar-refractivity contribution is 5.92. The van der Waals surface area contributed by atoms with Crippen LogP contribution in [0, 0.1) is 5.41 Å². The minimum Gasteiger partial charge on any atom is -0.394 e. The Morgan fingerprint density at radius 3 is 2.76 bits per heavy atom. The number of rotatable bonds is 7. The first-order chi connectivity index (χ1) is 8.15. The molecule has 0 aliphatic rings. The Kier molecular flexibility index (Phi) is 5.31. The van der Waals surface area contributed by atoms with E-state index in [1.807, 2.05) is 11.9 Å². The molecular formula is C10H17N5O2. The number of hydrogen-bond donors (Lipinski definition) is 3. The first-order valence-corrected chi connectivity index (χ1v) is 5.21. The molecule has 0 atom stereocenters. The average Bonchev–Trinajstić information content (AvgIpc) is 2.34. The molecule has 0 radical (unpaired) electrons. The Balaban J connectivity index is 2.46. The van der Waals surface area contributed by atoms with Crippen molar-refractivity contribution in [2.24, 2.45) is 5.73 Å². The number of nitrogens with one attached hydrogen (secondary N) is 1. The molecule has 0 aliphatic heterocycles. The van der Waals surface area contributed by atoms with Crippen molar-refractivity contribution in [2.75, 3.05) is 38.3 Å². The van der Waals surface area contributed by atoms with Crippen molar-refractivity contribution in [3.63, 3.8) is 0 Å². The topological polar surface area (TPSA) is 108 Å². The van der Waals surface area contributed by atoms with Gasteiger partial charge in [-0.25, -0.2) is 9.97 Å². The second kappa shape index (κ2) is 6.77. The highest BCUT2D eigenvalue weighted by Gasteiger charge is 2.04. The fourth-order valence-corrected chi connectivity index (χ4v) is 1.14. The van der Waals surface area contributed by atoms with Gasteiger partial charge in [-0.3, -0.25) is 5.41 Å². The number of anilines is 1. The molecule has 7 heteroatoms. The maximum Gasteiger partial charge on any atom is 0.146 e. The van der Waals surface area contributed by atoms with E-state index in [-0.39, 0.29) is 12.4 Å². The quantitative estimate of drug-likeness (QED) is 0.327. The summed E-state index contributed by atoms with van der Waals surface area (Å²) in [6, 6.07) is 0. The van der Waals surface area contributed by atoms with Gasteiger partial charge >= 0.3 is 0 Å². The fraction of sp³-hybridized carbons (Fsp3) is 0.500. The van der Waals surface area contributed by atoms with Gasteiger partial charge in [0.25, 0.3) is 0 Å². The lowest BCUT2D eigenvalue weighted by Crippen LogP contribution is -2.24. The number of nitrogens with two attached hydrogens (primary N) is 1. The lowest BCUT2D eigenvalue weighted by molar-refractivity contribution is 0.0970. The minimum atomic E-state index is -0.0991. The summed E-state index contributed by atoms with van der Waals surface area (Å²) < 4.78 is 5.14. The number of hydrogen-bond acceptors (Lipinski definition) is 6. The van der Waals surface area contributed by atoms with Crippen molar-refractivity contribution < 1.29 is 9.84 Å². The Morgan fingerprint density at radius 2 is 2.24 bits per heavy atom. The maximum atomic E-state index is 8.54. The third kappa shape index (κ3) is 4.33. The Hall–Kier alpha value is -1.73. The van der Waals surface area contributed by atoms with Crippen molar-refractivity contribution >= 4 is 11.7 Å². The number of aliphatic hydroxyl groups excluding tert-OH is 1. The van der Waals surface area contributed by atoms with E-state index < -0.39 is 0 Å². The zero-order chi connectivity index (χ0) is 12.7. The summed E-state index contributed by atoms with van der Waals surface area (Å²) in [5.74, 6) is 0.584. The number of likely N-dealkylation sites (N-methyl/N-ethyl adjacent to an activating group) is 1. The normalized spacial score (nSPS) is 10.2. The molecule has 1 aromatic heterocycles. The van der Waals surface area contributed by atoms with E-state index in [9.17, 15) is 0 Å². The second-order valence-corrected chi connectivity index (χ2v) is 3.43. The molecule has 1 heterocycles. The van der Waals surface area contributed by atoms with Gasteiger partial charge in [-0.15, -0.1) is 0 Å². The van der Waals surface area contributed by atoms with Gasteiger partial charge in [-0.05, 0) is 0 Å². The number of ether oxygens (including phenoxy) is 1. The molecule has 0 saturated heterocycles. The van der Waals surface area contributed by atoms with Gasteiger partial charge in [0, 0.05) is 13.6 Å². The van der Waals surface area contributed by atoms with Gasteiger partial charge in [-0.2, -0.15) is 0 Å². The first kappa shape index (κ1) is 13.3. The summed E-state index contributed by atoms with van der Waals surface area (Å²) in [6.07, 6.45) is 3.02. The number of nitrogen functional groups attached to an aromatic ring is 1. The predicted molar refractivity (Wildman–Crippen MR) is 64.2 cm³/mol. The van der Waals surface area contributed by atoms with E-state index in [0.29, 0.717) is 31.3 Å². The molecule has 0 aromatic carbocycles. The van der Waals surface area contributed by atoms with Gasteiger partial charge in [0.15, 0.2) is 0 Å². The van der Waals surface area contributed by atoms with E-state index in [0.717, 1.165) is 0 Å². The minimum absolute atomic E-state index is 0.0246. The van der Waals surface area contributed by atoms with E-state index in [4.69, 9.17) is 21.0 Å². The molecule has 0 fully saturated rings. The van der Waals surface area contributed by atoms with Crippen LogP contribution in [0.1, 0.15) is 5.69 Å².